The molecule has 180 valence electrons. The van der Waals surface area contributed by atoms with Crippen LogP contribution in [0.15, 0.2) is 77.7 Å². The molecular formula is C25H24FN5O3S. The molecule has 0 fully saturated rings. The summed E-state index contributed by atoms with van der Waals surface area (Å²) in [6.45, 7) is 3.89. The lowest BCUT2D eigenvalue weighted by Crippen LogP contribution is -2.13. The van der Waals surface area contributed by atoms with Crippen LogP contribution in [0.2, 0.25) is 0 Å². The zero-order valence-electron chi connectivity index (χ0n) is 19.3. The van der Waals surface area contributed by atoms with Gasteiger partial charge >= 0.3 is 0 Å². The molecule has 10 heteroatoms. The zero-order valence-corrected chi connectivity index (χ0v) is 20.2. The van der Waals surface area contributed by atoms with Crippen molar-refractivity contribution >= 4 is 38.9 Å². The molecule has 1 aromatic heterocycles. The molecular weight excluding hydrogens is 469 g/mol. The molecule has 4 aromatic rings. The zero-order chi connectivity index (χ0) is 25.0. The highest BCUT2D eigenvalue weighted by Crippen LogP contribution is 2.24. The van der Waals surface area contributed by atoms with E-state index in [4.69, 9.17) is 4.74 Å². The highest BCUT2D eigenvalue weighted by atomic mass is 32.2. The van der Waals surface area contributed by atoms with Crippen molar-refractivity contribution in [2.24, 2.45) is 0 Å². The number of benzene rings is 3. The van der Waals surface area contributed by atoms with Crippen molar-refractivity contribution in [3.05, 3.63) is 89.9 Å². The molecule has 0 amide bonds. The molecule has 0 saturated carbocycles. The van der Waals surface area contributed by atoms with Gasteiger partial charge in [0.15, 0.2) is 11.6 Å². The molecule has 0 unspecified atom stereocenters. The van der Waals surface area contributed by atoms with Crippen molar-refractivity contribution in [3.8, 4) is 5.75 Å². The maximum Gasteiger partial charge on any atom is 0.262 e. The summed E-state index contributed by atoms with van der Waals surface area (Å²) in [5, 5.41) is 6.38. The molecule has 8 nitrogen and oxygen atoms in total. The summed E-state index contributed by atoms with van der Waals surface area (Å²) in [5.41, 5.74) is 3.83. The van der Waals surface area contributed by atoms with Crippen molar-refractivity contribution in [1.29, 1.82) is 0 Å². The Labute approximate surface area is 203 Å². The smallest absolute Gasteiger partial charge is 0.262 e. The third-order valence-corrected chi connectivity index (χ3v) is 6.38. The van der Waals surface area contributed by atoms with Crippen LogP contribution in [-0.2, 0) is 10.0 Å². The largest absolute Gasteiger partial charge is 0.494 e. The minimum Gasteiger partial charge on any atom is -0.494 e. The Bertz CT molecular complexity index is 1440. The summed E-state index contributed by atoms with van der Waals surface area (Å²) in [6, 6.07) is 19.8. The van der Waals surface area contributed by atoms with Crippen molar-refractivity contribution in [2.75, 3.05) is 22.5 Å². The summed E-state index contributed by atoms with van der Waals surface area (Å²) in [5.74, 6) is 0.237. The SMILES string of the molecule is COc1ccc(S(=O)(=O)Nc2ccc(Nc3nc(C)cc(Nc4ccc(C)cc4)n3)cc2)cc1F. The lowest BCUT2D eigenvalue weighted by atomic mass is 10.2. The van der Waals surface area contributed by atoms with Gasteiger partial charge in [-0.05, 0) is 68.4 Å². The summed E-state index contributed by atoms with van der Waals surface area (Å²) in [4.78, 5) is 8.70. The molecule has 0 saturated heterocycles. The summed E-state index contributed by atoms with van der Waals surface area (Å²) >= 11 is 0. The number of aromatic nitrogens is 2. The van der Waals surface area contributed by atoms with Crippen LogP contribution in [-0.4, -0.2) is 25.5 Å². The van der Waals surface area contributed by atoms with Crippen molar-refractivity contribution < 1.29 is 17.5 Å². The maximum absolute atomic E-state index is 13.9. The second-order valence-electron chi connectivity index (χ2n) is 7.81. The van der Waals surface area contributed by atoms with Gasteiger partial charge in [0.2, 0.25) is 5.95 Å². The Morgan fingerprint density at radius 2 is 1.43 bits per heavy atom. The normalized spacial score (nSPS) is 11.1. The number of halogens is 1. The van der Waals surface area contributed by atoms with E-state index < -0.39 is 15.8 Å². The molecule has 0 atom stereocenters. The minimum atomic E-state index is -3.98. The standard InChI is InChI=1S/C25H24FN5O3S/c1-16-4-6-18(7-5-16)28-24-14-17(2)27-25(30-24)29-19-8-10-20(11-9-19)31-35(32,33)21-12-13-23(34-3)22(26)15-21/h4-15,31H,1-3H3,(H2,27,28,29,30). The van der Waals surface area contributed by atoms with Gasteiger partial charge in [0.05, 0.1) is 12.0 Å². The Morgan fingerprint density at radius 3 is 2.09 bits per heavy atom. The average molecular weight is 494 g/mol. The number of hydrogen-bond acceptors (Lipinski definition) is 7. The van der Waals surface area contributed by atoms with Gasteiger partial charge in [-0.25, -0.2) is 17.8 Å². The molecule has 1 heterocycles. The van der Waals surface area contributed by atoms with E-state index in [2.05, 4.69) is 25.3 Å². The fraction of sp³-hybridized carbons (Fsp3) is 0.120. The number of anilines is 5. The van der Waals surface area contributed by atoms with E-state index in [9.17, 15) is 12.8 Å². The van der Waals surface area contributed by atoms with Gasteiger partial charge in [-0.3, -0.25) is 4.72 Å². The fourth-order valence-electron chi connectivity index (χ4n) is 3.25. The topological polar surface area (TPSA) is 105 Å². The number of hydrogen-bond donors (Lipinski definition) is 3. The number of methoxy groups -OCH3 is 1. The summed E-state index contributed by atoms with van der Waals surface area (Å²) < 4.78 is 46.4. The minimum absolute atomic E-state index is 0.0324. The molecule has 0 aliphatic rings. The van der Waals surface area contributed by atoms with Crippen LogP contribution in [0.1, 0.15) is 11.3 Å². The van der Waals surface area contributed by atoms with Crippen molar-refractivity contribution in [2.45, 2.75) is 18.7 Å². The van der Waals surface area contributed by atoms with Gasteiger partial charge in [0.1, 0.15) is 5.82 Å². The van der Waals surface area contributed by atoms with Gasteiger partial charge in [-0.15, -0.1) is 0 Å². The number of sulfonamides is 1. The number of aryl methyl sites for hydroxylation is 2. The first-order valence-electron chi connectivity index (χ1n) is 10.6. The lowest BCUT2D eigenvalue weighted by molar-refractivity contribution is 0.385. The lowest BCUT2D eigenvalue weighted by Gasteiger charge is -2.12. The van der Waals surface area contributed by atoms with E-state index >= 15 is 0 Å². The molecule has 0 radical (unpaired) electrons. The molecule has 4 rings (SSSR count). The Hall–Kier alpha value is -4.18. The maximum atomic E-state index is 13.9. The third-order valence-electron chi connectivity index (χ3n) is 5.01. The Kier molecular flexibility index (Phi) is 6.83. The molecule has 0 spiro atoms. The summed E-state index contributed by atoms with van der Waals surface area (Å²) in [6.07, 6.45) is 0. The second kappa shape index (κ2) is 9.98. The molecule has 35 heavy (non-hydrogen) atoms. The van der Waals surface area contributed by atoms with E-state index in [0.717, 1.165) is 17.4 Å². The van der Waals surface area contributed by atoms with Crippen molar-refractivity contribution in [3.63, 3.8) is 0 Å². The van der Waals surface area contributed by atoms with Crippen LogP contribution in [0, 0.1) is 19.7 Å². The van der Waals surface area contributed by atoms with E-state index in [1.165, 1.54) is 24.8 Å². The van der Waals surface area contributed by atoms with Crippen LogP contribution < -0.4 is 20.1 Å². The van der Waals surface area contributed by atoms with Gasteiger partial charge in [0.25, 0.3) is 10.0 Å². The molecule has 3 aromatic carbocycles. The Morgan fingerprint density at radius 1 is 0.800 bits per heavy atom. The first-order valence-corrected chi connectivity index (χ1v) is 12.1. The molecule has 3 N–H and O–H groups in total. The number of rotatable bonds is 8. The Balaban J connectivity index is 1.46. The molecule has 0 bridgehead atoms. The fourth-order valence-corrected chi connectivity index (χ4v) is 4.32. The quantitative estimate of drug-likeness (QED) is 0.296. The highest BCUT2D eigenvalue weighted by Gasteiger charge is 2.17. The van der Waals surface area contributed by atoms with E-state index in [-0.39, 0.29) is 10.6 Å². The van der Waals surface area contributed by atoms with Crippen LogP contribution >= 0.6 is 0 Å². The van der Waals surface area contributed by atoms with Gasteiger partial charge in [0, 0.05) is 28.8 Å². The predicted octanol–water partition coefficient (Wildman–Crippen LogP) is 5.53. The second-order valence-corrected chi connectivity index (χ2v) is 9.50. The number of nitrogens with one attached hydrogen (secondary N) is 3. The van der Waals surface area contributed by atoms with Gasteiger partial charge in [-0.1, -0.05) is 17.7 Å². The number of ether oxygens (including phenoxy) is 1. The van der Waals surface area contributed by atoms with Crippen LogP contribution in [0.25, 0.3) is 0 Å². The average Bonchev–Trinajstić information content (AvgIpc) is 2.81. The number of nitrogens with zero attached hydrogens (tertiary/aromatic N) is 2. The molecule has 0 aliphatic heterocycles. The van der Waals surface area contributed by atoms with Gasteiger partial charge < -0.3 is 15.4 Å². The first-order chi connectivity index (χ1) is 16.7. The van der Waals surface area contributed by atoms with Gasteiger partial charge in [-0.2, -0.15) is 4.98 Å². The monoisotopic (exact) mass is 493 g/mol. The van der Waals surface area contributed by atoms with E-state index in [0.29, 0.717) is 23.1 Å². The first kappa shape index (κ1) is 24.0. The third kappa shape index (κ3) is 6.04. The van der Waals surface area contributed by atoms with Crippen LogP contribution in [0.3, 0.4) is 0 Å². The predicted molar refractivity (Wildman–Crippen MR) is 135 cm³/mol. The van der Waals surface area contributed by atoms with Crippen LogP contribution in [0.4, 0.5) is 33.2 Å². The highest BCUT2D eigenvalue weighted by molar-refractivity contribution is 7.92. The van der Waals surface area contributed by atoms with E-state index in [1.54, 1.807) is 24.3 Å². The summed E-state index contributed by atoms with van der Waals surface area (Å²) in [7, 11) is -2.67. The van der Waals surface area contributed by atoms with Crippen molar-refractivity contribution in [1.82, 2.24) is 9.97 Å². The molecule has 0 aliphatic carbocycles. The van der Waals surface area contributed by atoms with Crippen LogP contribution in [0.5, 0.6) is 5.75 Å². The van der Waals surface area contributed by atoms with E-state index in [1.807, 2.05) is 44.2 Å².